The van der Waals surface area contributed by atoms with E-state index in [1.54, 1.807) is 0 Å². The zero-order valence-electron chi connectivity index (χ0n) is 38.0. The molecule has 0 radical (unpaired) electrons. The van der Waals surface area contributed by atoms with Gasteiger partial charge in [0.25, 0.3) is 0 Å². The van der Waals surface area contributed by atoms with Gasteiger partial charge in [0.15, 0.2) is 0 Å². The van der Waals surface area contributed by atoms with Crippen molar-refractivity contribution in [2.75, 3.05) is 13.1 Å². The summed E-state index contributed by atoms with van der Waals surface area (Å²) in [6.07, 6.45) is -20.8. The lowest BCUT2D eigenvalue weighted by atomic mass is 10.0. The fourth-order valence-electron chi connectivity index (χ4n) is 6.31. The highest BCUT2D eigenvalue weighted by Crippen LogP contribution is 2.52. The van der Waals surface area contributed by atoms with Crippen LogP contribution in [-0.2, 0) is 52.4 Å². The van der Waals surface area contributed by atoms with E-state index in [1.165, 1.54) is 0 Å². The summed E-state index contributed by atoms with van der Waals surface area (Å²) >= 11 is 0. The number of nitrogens with zero attached hydrogens (tertiary/aromatic N) is 14. The van der Waals surface area contributed by atoms with Crippen molar-refractivity contribution < 1.29 is 140 Å². The average molecular weight is 1240 g/mol. The first-order valence-corrected chi connectivity index (χ1v) is 20.6. The molecule has 0 saturated carbocycles. The quantitative estimate of drug-likeness (QED) is 0.0450. The number of alkyl halides is 32. The first-order chi connectivity index (χ1) is 35.9. The molecule has 4 rings (SSSR count). The molecule has 80 heavy (non-hydrogen) atoms. The maximum Gasteiger partial charge on any atom is 0.379 e. The number of hydrogen-bond donors (Lipinski definition) is 0. The van der Waals surface area contributed by atoms with Crippen molar-refractivity contribution in [3.63, 3.8) is 0 Å². The van der Waals surface area contributed by atoms with Gasteiger partial charge in [0.05, 0.1) is 47.6 Å². The highest BCUT2D eigenvalue weighted by Gasteiger charge is 2.78. The molecule has 0 aliphatic carbocycles. The third-order valence-corrected chi connectivity index (χ3v) is 10.7. The van der Waals surface area contributed by atoms with E-state index < -0.39 is 185 Å². The van der Waals surface area contributed by atoms with Gasteiger partial charge in [-0.15, -0.1) is 20.4 Å². The van der Waals surface area contributed by atoms with Gasteiger partial charge in [0.1, 0.15) is 26.2 Å². The molecular weight excluding hydrogens is 1210 g/mol. The fraction of sp³-hybridized carbons (Fsp3) is 0.765. The van der Waals surface area contributed by atoms with Gasteiger partial charge in [-0.3, -0.25) is 9.80 Å². The van der Waals surface area contributed by atoms with Gasteiger partial charge in [-0.2, -0.15) is 105 Å². The molecule has 0 fully saturated rings. The molecule has 14 nitrogen and oxygen atoms in total. The summed E-state index contributed by atoms with van der Waals surface area (Å²) < 4.78 is 436. The van der Waals surface area contributed by atoms with E-state index in [9.17, 15) is 140 Å². The van der Waals surface area contributed by atoms with E-state index in [0.29, 0.717) is 0 Å². The number of aromatic nitrogens is 12. The van der Waals surface area contributed by atoms with Gasteiger partial charge in [0, 0.05) is 39.3 Å². The lowest BCUT2D eigenvalue weighted by Crippen LogP contribution is -2.58. The minimum atomic E-state index is -6.83. The smallest absolute Gasteiger partial charge is 0.290 e. The Labute approximate surface area is 420 Å². The summed E-state index contributed by atoms with van der Waals surface area (Å²) in [7, 11) is 0. The second kappa shape index (κ2) is 22.5. The molecule has 0 aromatic carbocycles. The lowest BCUT2D eigenvalue weighted by Gasteiger charge is -2.32. The fourth-order valence-corrected chi connectivity index (χ4v) is 6.31. The summed E-state index contributed by atoms with van der Waals surface area (Å²) in [6.45, 7) is -16.9. The normalized spacial score (nSPS) is 14.9. The summed E-state index contributed by atoms with van der Waals surface area (Å²) in [6, 6.07) is 0. The Morgan fingerprint density at radius 1 is 0.300 bits per heavy atom. The second-order valence-corrected chi connectivity index (χ2v) is 16.9. The average Bonchev–Trinajstić information content (AvgIpc) is 4.14. The van der Waals surface area contributed by atoms with Crippen molar-refractivity contribution >= 4 is 0 Å². The predicted molar refractivity (Wildman–Crippen MR) is 192 cm³/mol. The SMILES string of the molecule is FC(F)C(F)(F)C(F)(F)C(F)(F)Cn1cc(CN(CCN(Cc2cn(CC(F)(F)C(F)(F)C(F)(F)C(F)F)nn2)Cc2cn(CC(F)(F)C(F)(F)C(F)(F)C(F)F)nn2)Cc2cn(CC(F)(F)C(F)(F)C(F)(F)C(F)F)nn2)nn1. The molecule has 0 atom stereocenters. The maximum atomic E-state index is 14.4. The van der Waals surface area contributed by atoms with Crippen LogP contribution in [0.4, 0.5) is 140 Å². The molecule has 0 bridgehead atoms. The van der Waals surface area contributed by atoms with Gasteiger partial charge in [-0.05, 0) is 0 Å². The topological polar surface area (TPSA) is 129 Å². The van der Waals surface area contributed by atoms with Crippen molar-refractivity contribution in [2.45, 2.75) is 149 Å². The summed E-state index contributed by atoms with van der Waals surface area (Å²) in [5.74, 6) is -78.6. The van der Waals surface area contributed by atoms with Gasteiger partial charge in [-0.25, -0.2) is 53.9 Å². The number of hydrogen-bond acceptors (Lipinski definition) is 10. The number of rotatable bonds is 31. The zero-order valence-corrected chi connectivity index (χ0v) is 38.0. The van der Waals surface area contributed by atoms with Gasteiger partial charge < -0.3 is 0 Å². The largest absolute Gasteiger partial charge is 0.379 e. The molecular formula is C34H28F32N14. The summed E-state index contributed by atoms with van der Waals surface area (Å²) in [5.41, 5.74) is -3.28. The van der Waals surface area contributed by atoms with E-state index in [0.717, 1.165) is 9.80 Å². The van der Waals surface area contributed by atoms with E-state index in [-0.39, 0.29) is 43.5 Å². The summed E-state index contributed by atoms with van der Waals surface area (Å²) in [5, 5.41) is 24.6. The first-order valence-electron chi connectivity index (χ1n) is 20.6. The van der Waals surface area contributed by atoms with Crippen molar-refractivity contribution in [1.82, 2.24) is 69.8 Å². The van der Waals surface area contributed by atoms with Crippen LogP contribution in [0.1, 0.15) is 22.8 Å². The molecule has 4 heterocycles. The maximum absolute atomic E-state index is 14.4. The van der Waals surface area contributed by atoms with Crippen LogP contribution in [0.3, 0.4) is 0 Å². The minimum absolute atomic E-state index is 0.196. The third-order valence-electron chi connectivity index (χ3n) is 10.7. The molecule has 0 aliphatic heterocycles. The Morgan fingerprint density at radius 2 is 0.463 bits per heavy atom. The highest BCUT2D eigenvalue weighted by atomic mass is 19.4. The van der Waals surface area contributed by atoms with Crippen LogP contribution in [0.15, 0.2) is 24.8 Å². The molecule has 4 aromatic rings. The molecule has 0 N–H and O–H groups in total. The molecule has 0 unspecified atom stereocenters. The molecule has 46 heteroatoms. The number of halogens is 32. The van der Waals surface area contributed by atoms with Crippen molar-refractivity contribution in [3.05, 3.63) is 47.6 Å². The molecule has 4 aromatic heterocycles. The molecule has 458 valence electrons. The predicted octanol–water partition coefficient (Wildman–Crippen LogP) is 9.44. The van der Waals surface area contributed by atoms with Gasteiger partial charge >= 0.3 is 96.8 Å². The van der Waals surface area contributed by atoms with Crippen LogP contribution < -0.4 is 0 Å². The van der Waals surface area contributed by atoms with Crippen LogP contribution in [-0.4, -0.2) is 180 Å². The Bertz CT molecular complexity index is 2290. The lowest BCUT2D eigenvalue weighted by molar-refractivity contribution is -0.341. The molecule has 0 saturated heterocycles. The van der Waals surface area contributed by atoms with E-state index in [2.05, 4.69) is 41.2 Å². The zero-order chi connectivity index (χ0) is 61.6. The van der Waals surface area contributed by atoms with Gasteiger partial charge in [0.2, 0.25) is 0 Å². The highest BCUT2D eigenvalue weighted by molar-refractivity contribution is 5.05. The Balaban J connectivity index is 1.75. The van der Waals surface area contributed by atoms with Crippen molar-refractivity contribution in [1.29, 1.82) is 0 Å². The van der Waals surface area contributed by atoms with Crippen molar-refractivity contribution in [3.8, 4) is 0 Å². The summed E-state index contributed by atoms with van der Waals surface area (Å²) in [4.78, 5) is 1.44. The van der Waals surface area contributed by atoms with E-state index >= 15 is 0 Å². The van der Waals surface area contributed by atoms with Crippen LogP contribution >= 0.6 is 0 Å². The minimum Gasteiger partial charge on any atom is -0.290 e. The standard InChI is InChI=1S/C34H28F32N14/c35-19(36)27(51,52)31(59,60)23(43,44)11-77-7-15(67-71-77)3-75(4-16-8-78(72-68-16)12-24(45,46)32(61,62)28(53,54)20(37)38)1-2-76(5-17-9-79(73-69-17)13-25(47,48)33(63,64)29(55,56)21(39)40)6-18-10-80(74-70-18)14-26(49,50)34(65,66)30(57,58)22(41)42/h7-10,19-22H,1-6,11-14H2. The van der Waals surface area contributed by atoms with E-state index in [4.69, 9.17) is 0 Å². The molecule has 0 spiro atoms. The first kappa shape index (κ1) is 66.7. The second-order valence-electron chi connectivity index (χ2n) is 16.9. The third kappa shape index (κ3) is 13.1. The molecule has 0 amide bonds. The Morgan fingerprint density at radius 3 is 0.613 bits per heavy atom. The van der Waals surface area contributed by atoms with Crippen molar-refractivity contribution in [2.24, 2.45) is 0 Å². The Kier molecular flexibility index (Phi) is 18.8. The van der Waals surface area contributed by atoms with Gasteiger partial charge in [-0.1, -0.05) is 20.9 Å². The van der Waals surface area contributed by atoms with Crippen LogP contribution in [0.5, 0.6) is 0 Å². The van der Waals surface area contributed by atoms with Crippen LogP contribution in [0.25, 0.3) is 0 Å². The Hall–Kier alpha value is -5.76. The monoisotopic (exact) mass is 1240 g/mol. The van der Waals surface area contributed by atoms with Crippen LogP contribution in [0.2, 0.25) is 0 Å². The molecule has 0 aliphatic rings. The van der Waals surface area contributed by atoms with Crippen LogP contribution in [0, 0.1) is 0 Å². The van der Waals surface area contributed by atoms with E-state index in [1.807, 2.05) is 0 Å².